The number of nitrogens with one attached hydrogen (secondary N) is 1. The van der Waals surface area contributed by atoms with Crippen LogP contribution in [0.2, 0.25) is 0 Å². The molecular formula is C33H36N4O3. The number of carbonyl (C=O) groups excluding carboxylic acids is 2. The van der Waals surface area contributed by atoms with Crippen molar-refractivity contribution in [2.45, 2.75) is 40.2 Å². The Bertz CT molecular complexity index is 1490. The highest BCUT2D eigenvalue weighted by Crippen LogP contribution is 2.34. The summed E-state index contributed by atoms with van der Waals surface area (Å²) in [5.74, 6) is 0.642. The molecule has 0 atom stereocenters. The maximum atomic E-state index is 13.0. The Hall–Kier alpha value is -4.23. The van der Waals surface area contributed by atoms with Gasteiger partial charge in [-0.25, -0.2) is 0 Å². The number of amides is 1. The number of benzene rings is 2. The first-order chi connectivity index (χ1) is 19.4. The molecule has 40 heavy (non-hydrogen) atoms. The third-order valence-corrected chi connectivity index (χ3v) is 7.47. The lowest BCUT2D eigenvalue weighted by atomic mass is 9.93. The minimum Gasteiger partial charge on any atom is -0.492 e. The zero-order valence-corrected chi connectivity index (χ0v) is 23.4. The van der Waals surface area contributed by atoms with Crippen LogP contribution in [0.1, 0.15) is 52.9 Å². The van der Waals surface area contributed by atoms with E-state index in [1.807, 2.05) is 12.1 Å². The Morgan fingerprint density at radius 1 is 1.10 bits per heavy atom. The van der Waals surface area contributed by atoms with Crippen LogP contribution in [0.25, 0.3) is 6.08 Å². The fraction of sp³-hybridized carbons (Fsp3) is 0.303. The third-order valence-electron chi connectivity index (χ3n) is 7.47. The number of rotatable bonds is 11. The number of carbonyl (C=O) groups is 2. The predicted octanol–water partition coefficient (Wildman–Crippen LogP) is 5.11. The zero-order valence-electron chi connectivity index (χ0n) is 23.4. The molecule has 0 radical (unpaired) electrons. The molecule has 0 aliphatic heterocycles. The van der Waals surface area contributed by atoms with Crippen LogP contribution >= 0.6 is 0 Å². The highest BCUT2D eigenvalue weighted by molar-refractivity contribution is 6.04. The van der Waals surface area contributed by atoms with Crippen LogP contribution in [0.4, 0.5) is 0 Å². The zero-order chi connectivity index (χ0) is 28.1. The first-order valence-electron chi connectivity index (χ1n) is 13.9. The minimum atomic E-state index is -0.249. The van der Waals surface area contributed by atoms with Crippen molar-refractivity contribution < 1.29 is 14.3 Å². The maximum absolute atomic E-state index is 13.0. The molecule has 2 aromatic carbocycles. The second-order valence-corrected chi connectivity index (χ2v) is 10.3. The standard InChI is InChI=1S/C33H36N4O3/c1-4-36(5-2)14-15-40-30-12-10-25-16-27(17-26(25)18-30)31-19-29(11-13-32(31)38)35-33(39)28-20-34-37(22-28)21-24-8-6-23(3)7-9-24/h6-12,17-20,22H,4-5,13-16,21H2,1-3H3,(H,35,39). The number of fused-ring (bicyclic) bond motifs is 1. The van der Waals surface area contributed by atoms with Gasteiger partial charge in [0.2, 0.25) is 0 Å². The molecule has 206 valence electrons. The number of ketones is 1. The SMILES string of the molecule is CCN(CC)CCOc1ccc2c(c1)C=C(C1=CC(NC(=O)c3cnn(Cc4ccc(C)cc4)c3)=CCC1=O)C2. The van der Waals surface area contributed by atoms with Crippen molar-refractivity contribution in [3.8, 4) is 5.75 Å². The highest BCUT2D eigenvalue weighted by atomic mass is 16.5. The van der Waals surface area contributed by atoms with E-state index in [2.05, 4.69) is 72.5 Å². The van der Waals surface area contributed by atoms with Gasteiger partial charge in [-0.05, 0) is 66.9 Å². The Morgan fingerprint density at radius 2 is 1.90 bits per heavy atom. The number of ether oxygens (including phenoxy) is 1. The summed E-state index contributed by atoms with van der Waals surface area (Å²) in [5.41, 5.74) is 7.27. The molecule has 2 aliphatic carbocycles. The van der Waals surface area contributed by atoms with Gasteiger partial charge in [-0.15, -0.1) is 0 Å². The Morgan fingerprint density at radius 3 is 2.67 bits per heavy atom. The molecule has 1 heterocycles. The summed E-state index contributed by atoms with van der Waals surface area (Å²) in [6.45, 7) is 10.5. The molecule has 3 aromatic rings. The van der Waals surface area contributed by atoms with E-state index < -0.39 is 0 Å². The summed E-state index contributed by atoms with van der Waals surface area (Å²) in [7, 11) is 0. The lowest BCUT2D eigenvalue weighted by Gasteiger charge is -2.18. The lowest BCUT2D eigenvalue weighted by molar-refractivity contribution is -0.114. The van der Waals surface area contributed by atoms with E-state index in [0.717, 1.165) is 42.1 Å². The number of likely N-dealkylation sites (N-methyl/N-ethyl adjacent to an activating group) is 1. The van der Waals surface area contributed by atoms with Gasteiger partial charge in [0.15, 0.2) is 5.78 Å². The molecule has 1 N–H and O–H groups in total. The van der Waals surface area contributed by atoms with E-state index >= 15 is 0 Å². The van der Waals surface area contributed by atoms with Gasteiger partial charge in [-0.2, -0.15) is 5.10 Å². The van der Waals surface area contributed by atoms with Gasteiger partial charge in [0.25, 0.3) is 5.91 Å². The summed E-state index contributed by atoms with van der Waals surface area (Å²) < 4.78 is 7.75. The number of hydrogen-bond donors (Lipinski definition) is 1. The molecule has 0 saturated heterocycles. The quantitative estimate of drug-likeness (QED) is 0.369. The molecule has 2 aliphatic rings. The molecule has 0 spiro atoms. The first kappa shape index (κ1) is 27.3. The number of Topliss-reactive ketones (excluding diaryl/α,β-unsaturated/α-hetero) is 1. The fourth-order valence-electron chi connectivity index (χ4n) is 5.03. The third kappa shape index (κ3) is 6.49. The van der Waals surface area contributed by atoms with E-state index in [0.29, 0.717) is 36.4 Å². The van der Waals surface area contributed by atoms with Crippen LogP contribution in [0.3, 0.4) is 0 Å². The summed E-state index contributed by atoms with van der Waals surface area (Å²) in [6.07, 6.45) is 9.87. The van der Waals surface area contributed by atoms with Gasteiger partial charge in [0.1, 0.15) is 12.4 Å². The van der Waals surface area contributed by atoms with E-state index in [1.165, 1.54) is 11.1 Å². The van der Waals surface area contributed by atoms with Crippen molar-refractivity contribution in [1.29, 1.82) is 0 Å². The van der Waals surface area contributed by atoms with Crippen LogP contribution < -0.4 is 10.1 Å². The van der Waals surface area contributed by atoms with Crippen LogP contribution in [-0.2, 0) is 17.8 Å². The van der Waals surface area contributed by atoms with E-state index in [1.54, 1.807) is 29.2 Å². The van der Waals surface area contributed by atoms with Crippen molar-refractivity contribution in [2.24, 2.45) is 0 Å². The van der Waals surface area contributed by atoms with Gasteiger partial charge >= 0.3 is 0 Å². The summed E-state index contributed by atoms with van der Waals surface area (Å²) in [6, 6.07) is 14.4. The summed E-state index contributed by atoms with van der Waals surface area (Å²) in [4.78, 5) is 28.1. The number of aryl methyl sites for hydroxylation is 1. The Kier molecular flexibility index (Phi) is 8.41. The predicted molar refractivity (Wildman–Crippen MR) is 157 cm³/mol. The Labute approximate surface area is 235 Å². The fourth-order valence-corrected chi connectivity index (χ4v) is 5.03. The average Bonchev–Trinajstić information content (AvgIpc) is 3.60. The normalized spacial score (nSPS) is 14.5. The van der Waals surface area contributed by atoms with Gasteiger partial charge in [0.05, 0.1) is 18.3 Å². The second kappa shape index (κ2) is 12.3. The molecule has 1 aromatic heterocycles. The summed E-state index contributed by atoms with van der Waals surface area (Å²) >= 11 is 0. The van der Waals surface area contributed by atoms with E-state index in [-0.39, 0.29) is 18.1 Å². The van der Waals surface area contributed by atoms with Crippen LogP contribution in [-0.4, -0.2) is 52.6 Å². The van der Waals surface area contributed by atoms with Gasteiger partial charge in [-0.1, -0.05) is 61.9 Å². The van der Waals surface area contributed by atoms with Crippen molar-refractivity contribution in [2.75, 3.05) is 26.2 Å². The second-order valence-electron chi connectivity index (χ2n) is 10.3. The Balaban J connectivity index is 1.22. The highest BCUT2D eigenvalue weighted by Gasteiger charge is 2.24. The molecule has 5 rings (SSSR count). The van der Waals surface area contributed by atoms with Crippen LogP contribution in [0.5, 0.6) is 5.75 Å². The topological polar surface area (TPSA) is 76.5 Å². The smallest absolute Gasteiger partial charge is 0.258 e. The van der Waals surface area contributed by atoms with Gasteiger partial charge in [-0.3, -0.25) is 14.3 Å². The largest absolute Gasteiger partial charge is 0.492 e. The average molecular weight is 537 g/mol. The van der Waals surface area contributed by atoms with E-state index in [4.69, 9.17) is 4.74 Å². The monoisotopic (exact) mass is 536 g/mol. The van der Waals surface area contributed by atoms with Crippen molar-refractivity contribution in [1.82, 2.24) is 20.0 Å². The molecule has 0 bridgehead atoms. The minimum absolute atomic E-state index is 0.0543. The number of hydrogen-bond acceptors (Lipinski definition) is 5. The number of aromatic nitrogens is 2. The molecule has 0 fully saturated rings. The molecule has 7 nitrogen and oxygen atoms in total. The van der Waals surface area contributed by atoms with Crippen LogP contribution in [0, 0.1) is 6.92 Å². The molecule has 0 unspecified atom stereocenters. The van der Waals surface area contributed by atoms with Crippen LogP contribution in [0.15, 0.2) is 83.9 Å². The van der Waals surface area contributed by atoms with Crippen molar-refractivity contribution >= 4 is 17.8 Å². The number of nitrogens with zero attached hydrogens (tertiary/aromatic N) is 3. The molecule has 7 heteroatoms. The van der Waals surface area contributed by atoms with E-state index in [9.17, 15) is 9.59 Å². The first-order valence-corrected chi connectivity index (χ1v) is 13.9. The van der Waals surface area contributed by atoms with Gasteiger partial charge < -0.3 is 15.0 Å². The van der Waals surface area contributed by atoms with Gasteiger partial charge in [0, 0.05) is 30.4 Å². The number of allylic oxidation sites excluding steroid dienone is 4. The van der Waals surface area contributed by atoms with Crippen molar-refractivity contribution in [3.05, 3.63) is 112 Å². The molecular weight excluding hydrogens is 500 g/mol. The lowest BCUT2D eigenvalue weighted by Crippen LogP contribution is -2.27. The summed E-state index contributed by atoms with van der Waals surface area (Å²) in [5, 5.41) is 7.30. The maximum Gasteiger partial charge on any atom is 0.258 e. The van der Waals surface area contributed by atoms with Crippen molar-refractivity contribution in [3.63, 3.8) is 0 Å². The molecule has 0 saturated carbocycles. The molecule has 1 amide bonds.